The van der Waals surface area contributed by atoms with Gasteiger partial charge in [-0.15, -0.1) is 0 Å². The lowest BCUT2D eigenvalue weighted by Gasteiger charge is -2.35. The molecular weight excluding hydrogens is 352 g/mol. The number of piperidine rings is 1. The molecular formula is C19H24N2O6. The summed E-state index contributed by atoms with van der Waals surface area (Å²) >= 11 is 0. The van der Waals surface area contributed by atoms with Gasteiger partial charge in [0.2, 0.25) is 5.91 Å². The molecule has 0 radical (unpaired) electrons. The van der Waals surface area contributed by atoms with Crippen molar-refractivity contribution in [3.8, 4) is 5.75 Å². The molecule has 2 fully saturated rings. The SMILES string of the molecule is O=C(O)COc1cccc(C(=O)N2CCC(C(=O)N3CCOCC3)CC2)c1. The number of carboxylic acid groups (broad SMARTS) is 1. The Hall–Kier alpha value is -2.61. The fraction of sp³-hybridized carbons (Fsp3) is 0.526. The third-order valence-corrected chi connectivity index (χ3v) is 4.90. The van der Waals surface area contributed by atoms with Gasteiger partial charge in [0.05, 0.1) is 13.2 Å². The molecule has 8 heteroatoms. The van der Waals surface area contributed by atoms with Gasteiger partial charge in [-0.05, 0) is 31.0 Å². The zero-order valence-electron chi connectivity index (χ0n) is 15.1. The Balaban J connectivity index is 1.54. The molecule has 1 aromatic carbocycles. The first-order valence-corrected chi connectivity index (χ1v) is 9.15. The minimum absolute atomic E-state index is 0.0441. The summed E-state index contributed by atoms with van der Waals surface area (Å²) in [4.78, 5) is 39.5. The van der Waals surface area contributed by atoms with Gasteiger partial charge in [0.25, 0.3) is 5.91 Å². The first kappa shape index (κ1) is 19.2. The van der Waals surface area contributed by atoms with Crippen molar-refractivity contribution in [1.29, 1.82) is 0 Å². The first-order chi connectivity index (χ1) is 13.0. The molecule has 2 aliphatic rings. The van der Waals surface area contributed by atoms with E-state index in [-0.39, 0.29) is 17.7 Å². The standard InChI is InChI=1S/C19H24N2O6/c22-17(23)13-27-16-3-1-2-15(12-16)19(25)20-6-4-14(5-7-20)18(24)21-8-10-26-11-9-21/h1-3,12,14H,4-11,13H2,(H,22,23). The fourth-order valence-electron chi connectivity index (χ4n) is 3.42. The van der Waals surface area contributed by atoms with Gasteiger partial charge in [-0.25, -0.2) is 4.79 Å². The maximum Gasteiger partial charge on any atom is 0.341 e. The Kier molecular flexibility index (Phi) is 6.28. The Bertz CT molecular complexity index is 693. The molecule has 2 aliphatic heterocycles. The Morgan fingerprint density at radius 3 is 2.44 bits per heavy atom. The highest BCUT2D eigenvalue weighted by molar-refractivity contribution is 5.94. The highest BCUT2D eigenvalue weighted by Gasteiger charge is 2.31. The van der Waals surface area contributed by atoms with Gasteiger partial charge < -0.3 is 24.4 Å². The summed E-state index contributed by atoms with van der Waals surface area (Å²) in [6.07, 6.45) is 1.30. The topological polar surface area (TPSA) is 96.4 Å². The Morgan fingerprint density at radius 2 is 1.78 bits per heavy atom. The van der Waals surface area contributed by atoms with E-state index in [1.807, 2.05) is 4.90 Å². The minimum Gasteiger partial charge on any atom is -0.482 e. The maximum atomic E-state index is 12.7. The lowest BCUT2D eigenvalue weighted by Crippen LogP contribution is -2.47. The molecule has 1 aromatic rings. The molecule has 0 unspecified atom stereocenters. The van der Waals surface area contributed by atoms with Crippen molar-refractivity contribution >= 4 is 17.8 Å². The third kappa shape index (κ3) is 4.97. The van der Waals surface area contributed by atoms with E-state index in [1.165, 1.54) is 0 Å². The van der Waals surface area contributed by atoms with Gasteiger partial charge in [-0.2, -0.15) is 0 Å². The van der Waals surface area contributed by atoms with Gasteiger partial charge in [0.15, 0.2) is 6.61 Å². The van der Waals surface area contributed by atoms with Crippen molar-refractivity contribution in [2.24, 2.45) is 5.92 Å². The van der Waals surface area contributed by atoms with Crippen LogP contribution in [-0.2, 0) is 14.3 Å². The van der Waals surface area contributed by atoms with Crippen LogP contribution < -0.4 is 4.74 Å². The number of morpholine rings is 1. The largest absolute Gasteiger partial charge is 0.482 e. The average Bonchev–Trinajstić information content (AvgIpc) is 2.72. The van der Waals surface area contributed by atoms with Crippen molar-refractivity contribution in [1.82, 2.24) is 9.80 Å². The molecule has 146 valence electrons. The van der Waals surface area contributed by atoms with E-state index in [9.17, 15) is 14.4 Å². The fourth-order valence-corrected chi connectivity index (χ4v) is 3.42. The number of amides is 2. The van der Waals surface area contributed by atoms with E-state index in [4.69, 9.17) is 14.6 Å². The number of hydrogen-bond acceptors (Lipinski definition) is 5. The first-order valence-electron chi connectivity index (χ1n) is 9.15. The van der Waals surface area contributed by atoms with Crippen molar-refractivity contribution < 1.29 is 29.0 Å². The predicted octanol–water partition coefficient (Wildman–Crippen LogP) is 0.861. The number of ether oxygens (including phenoxy) is 2. The van der Waals surface area contributed by atoms with E-state index in [2.05, 4.69) is 0 Å². The summed E-state index contributed by atoms with van der Waals surface area (Å²) in [5.74, 6) is -0.737. The molecule has 0 aromatic heterocycles. The maximum absolute atomic E-state index is 12.7. The van der Waals surface area contributed by atoms with Gasteiger partial charge in [-0.1, -0.05) is 6.07 Å². The number of aliphatic carboxylic acids is 1. The van der Waals surface area contributed by atoms with E-state index in [0.717, 1.165) is 0 Å². The Morgan fingerprint density at radius 1 is 1.07 bits per heavy atom. The second-order valence-corrected chi connectivity index (χ2v) is 6.71. The normalized spacial score (nSPS) is 18.2. The summed E-state index contributed by atoms with van der Waals surface area (Å²) < 4.78 is 10.4. The third-order valence-electron chi connectivity index (χ3n) is 4.90. The second kappa shape index (κ2) is 8.85. The molecule has 0 atom stereocenters. The molecule has 0 bridgehead atoms. The lowest BCUT2D eigenvalue weighted by atomic mass is 9.94. The molecule has 2 saturated heterocycles. The predicted molar refractivity (Wildman–Crippen MR) is 95.6 cm³/mol. The molecule has 8 nitrogen and oxygen atoms in total. The van der Waals surface area contributed by atoms with E-state index in [1.54, 1.807) is 29.2 Å². The zero-order chi connectivity index (χ0) is 19.2. The summed E-state index contributed by atoms with van der Waals surface area (Å²) in [6.45, 7) is 3.06. The van der Waals surface area contributed by atoms with Gasteiger partial charge >= 0.3 is 5.97 Å². The summed E-state index contributed by atoms with van der Waals surface area (Å²) in [6, 6.07) is 6.52. The van der Waals surface area contributed by atoms with E-state index >= 15 is 0 Å². The molecule has 2 amide bonds. The zero-order valence-corrected chi connectivity index (χ0v) is 15.1. The number of likely N-dealkylation sites (tertiary alicyclic amines) is 1. The second-order valence-electron chi connectivity index (χ2n) is 6.71. The number of benzene rings is 1. The van der Waals surface area contributed by atoms with Crippen LogP contribution in [0.4, 0.5) is 0 Å². The molecule has 0 spiro atoms. The number of hydrogen-bond donors (Lipinski definition) is 1. The highest BCUT2D eigenvalue weighted by Crippen LogP contribution is 2.23. The molecule has 3 rings (SSSR count). The van der Waals surface area contributed by atoms with Crippen LogP contribution in [0, 0.1) is 5.92 Å². The number of carboxylic acids is 1. The van der Waals surface area contributed by atoms with Crippen LogP contribution in [0.3, 0.4) is 0 Å². The van der Waals surface area contributed by atoms with Gasteiger partial charge in [-0.3, -0.25) is 9.59 Å². The van der Waals surface area contributed by atoms with Crippen LogP contribution in [0.2, 0.25) is 0 Å². The summed E-state index contributed by atoms with van der Waals surface area (Å²) in [7, 11) is 0. The molecule has 0 saturated carbocycles. The minimum atomic E-state index is -1.07. The van der Waals surface area contributed by atoms with Crippen LogP contribution >= 0.6 is 0 Å². The lowest BCUT2D eigenvalue weighted by molar-refractivity contribution is -0.141. The van der Waals surface area contributed by atoms with E-state index in [0.29, 0.717) is 63.5 Å². The summed E-state index contributed by atoms with van der Waals surface area (Å²) in [5, 5.41) is 8.68. The number of nitrogens with zero attached hydrogens (tertiary/aromatic N) is 2. The van der Waals surface area contributed by atoms with Crippen LogP contribution in [-0.4, -0.2) is 78.7 Å². The van der Waals surface area contributed by atoms with Crippen molar-refractivity contribution in [2.75, 3.05) is 46.0 Å². The quantitative estimate of drug-likeness (QED) is 0.819. The van der Waals surface area contributed by atoms with Crippen LogP contribution in [0.1, 0.15) is 23.2 Å². The van der Waals surface area contributed by atoms with Gasteiger partial charge in [0, 0.05) is 37.7 Å². The molecule has 27 heavy (non-hydrogen) atoms. The molecule has 2 heterocycles. The van der Waals surface area contributed by atoms with Crippen LogP contribution in [0.5, 0.6) is 5.75 Å². The van der Waals surface area contributed by atoms with Crippen molar-refractivity contribution in [3.63, 3.8) is 0 Å². The van der Waals surface area contributed by atoms with Crippen molar-refractivity contribution in [3.05, 3.63) is 29.8 Å². The summed E-state index contributed by atoms with van der Waals surface area (Å²) in [5.41, 5.74) is 0.454. The monoisotopic (exact) mass is 376 g/mol. The van der Waals surface area contributed by atoms with Crippen LogP contribution in [0.15, 0.2) is 24.3 Å². The number of rotatable bonds is 5. The van der Waals surface area contributed by atoms with E-state index < -0.39 is 12.6 Å². The number of carbonyl (C=O) groups excluding carboxylic acids is 2. The Labute approximate surface area is 157 Å². The average molecular weight is 376 g/mol. The smallest absolute Gasteiger partial charge is 0.341 e. The van der Waals surface area contributed by atoms with Crippen molar-refractivity contribution in [2.45, 2.75) is 12.8 Å². The van der Waals surface area contributed by atoms with Crippen LogP contribution in [0.25, 0.3) is 0 Å². The highest BCUT2D eigenvalue weighted by atomic mass is 16.5. The van der Waals surface area contributed by atoms with Gasteiger partial charge in [0.1, 0.15) is 5.75 Å². The molecule has 1 N–H and O–H groups in total. The number of carbonyl (C=O) groups is 3. The molecule has 0 aliphatic carbocycles.